The molecular formula is C15H16F2N2O. The number of rotatable bonds is 5. The molecule has 20 heavy (non-hydrogen) atoms. The number of halogens is 2. The number of benzene rings is 1. The lowest BCUT2D eigenvalue weighted by molar-refractivity contribution is -0.117. The smallest absolute Gasteiger partial charge is 0.143 e. The quantitative estimate of drug-likeness (QED) is 0.843. The molecule has 1 heterocycles. The molecule has 3 nitrogen and oxygen atoms in total. The van der Waals surface area contributed by atoms with Gasteiger partial charge in [-0.2, -0.15) is 5.10 Å². The van der Waals surface area contributed by atoms with E-state index in [2.05, 4.69) is 5.10 Å². The molecule has 0 saturated carbocycles. The molecule has 0 fully saturated rings. The van der Waals surface area contributed by atoms with Crippen LogP contribution in [-0.4, -0.2) is 15.6 Å². The van der Waals surface area contributed by atoms with Gasteiger partial charge in [-0.3, -0.25) is 9.48 Å². The van der Waals surface area contributed by atoms with E-state index in [0.717, 1.165) is 17.5 Å². The fourth-order valence-electron chi connectivity index (χ4n) is 2.22. The Morgan fingerprint density at radius 1 is 1.15 bits per heavy atom. The van der Waals surface area contributed by atoms with E-state index in [4.69, 9.17) is 0 Å². The van der Waals surface area contributed by atoms with E-state index in [1.54, 1.807) is 4.68 Å². The molecule has 0 amide bonds. The predicted octanol–water partition coefficient (Wildman–Crippen LogP) is 2.84. The van der Waals surface area contributed by atoms with Crippen LogP contribution in [0, 0.1) is 18.6 Å². The van der Waals surface area contributed by atoms with E-state index >= 15 is 0 Å². The first-order chi connectivity index (χ1) is 9.47. The van der Waals surface area contributed by atoms with Crippen LogP contribution < -0.4 is 0 Å². The van der Waals surface area contributed by atoms with Crippen molar-refractivity contribution in [3.05, 3.63) is 52.9 Å². The second-order valence-corrected chi connectivity index (χ2v) is 4.76. The summed E-state index contributed by atoms with van der Waals surface area (Å²) in [6, 6.07) is 5.02. The van der Waals surface area contributed by atoms with Gasteiger partial charge in [-0.25, -0.2) is 8.78 Å². The molecular weight excluding hydrogens is 262 g/mol. The van der Waals surface area contributed by atoms with Crippen LogP contribution in [0.15, 0.2) is 24.3 Å². The van der Waals surface area contributed by atoms with Gasteiger partial charge in [0, 0.05) is 31.1 Å². The first-order valence-corrected chi connectivity index (χ1v) is 6.48. The number of carbonyl (C=O) groups is 1. The maximum atomic E-state index is 13.1. The van der Waals surface area contributed by atoms with Crippen molar-refractivity contribution in [3.63, 3.8) is 0 Å². The average molecular weight is 278 g/mol. The summed E-state index contributed by atoms with van der Waals surface area (Å²) in [5, 5.41) is 4.26. The number of hydrogen-bond acceptors (Lipinski definition) is 2. The molecule has 0 saturated heterocycles. The van der Waals surface area contributed by atoms with Gasteiger partial charge in [-0.1, -0.05) is 0 Å². The highest BCUT2D eigenvalue weighted by molar-refractivity contribution is 5.82. The standard InChI is InChI=1S/C15H16F2N2O/c1-3-19-14(4-10(2)18-19)9-15(20)7-11-5-12(16)8-13(17)6-11/h4-6,8H,3,7,9H2,1-2H3. The lowest BCUT2D eigenvalue weighted by Crippen LogP contribution is -2.11. The largest absolute Gasteiger partial charge is 0.299 e. The Bertz CT molecular complexity index is 615. The Labute approximate surface area is 116 Å². The van der Waals surface area contributed by atoms with Gasteiger partial charge in [-0.15, -0.1) is 0 Å². The molecule has 2 aromatic rings. The summed E-state index contributed by atoms with van der Waals surface area (Å²) in [6.07, 6.45) is 0.232. The molecule has 0 unspecified atom stereocenters. The fourth-order valence-corrected chi connectivity index (χ4v) is 2.22. The van der Waals surface area contributed by atoms with Gasteiger partial charge in [0.05, 0.1) is 5.69 Å². The molecule has 1 aromatic carbocycles. The van der Waals surface area contributed by atoms with E-state index < -0.39 is 11.6 Å². The first kappa shape index (κ1) is 14.4. The van der Waals surface area contributed by atoms with Gasteiger partial charge < -0.3 is 0 Å². The number of ketones is 1. The minimum Gasteiger partial charge on any atom is -0.299 e. The highest BCUT2D eigenvalue weighted by Crippen LogP contribution is 2.11. The number of aryl methyl sites for hydroxylation is 2. The zero-order chi connectivity index (χ0) is 14.7. The van der Waals surface area contributed by atoms with Crippen molar-refractivity contribution < 1.29 is 13.6 Å². The molecule has 5 heteroatoms. The Morgan fingerprint density at radius 3 is 2.40 bits per heavy atom. The monoisotopic (exact) mass is 278 g/mol. The number of aromatic nitrogens is 2. The maximum absolute atomic E-state index is 13.1. The molecule has 0 spiro atoms. The van der Waals surface area contributed by atoms with Crippen LogP contribution in [0.25, 0.3) is 0 Å². The van der Waals surface area contributed by atoms with Gasteiger partial charge in [-0.05, 0) is 37.6 Å². The molecule has 0 bridgehead atoms. The highest BCUT2D eigenvalue weighted by Gasteiger charge is 2.11. The molecule has 106 valence electrons. The molecule has 0 aliphatic rings. The number of Topliss-reactive ketones (excluding diaryl/α,β-unsaturated/α-hetero) is 1. The molecule has 0 aliphatic heterocycles. The molecule has 0 atom stereocenters. The Morgan fingerprint density at radius 2 is 1.80 bits per heavy atom. The molecule has 0 aliphatic carbocycles. The lowest BCUT2D eigenvalue weighted by atomic mass is 10.1. The third kappa shape index (κ3) is 3.50. The molecule has 1 aromatic heterocycles. The summed E-state index contributed by atoms with van der Waals surface area (Å²) < 4.78 is 27.9. The van der Waals surface area contributed by atoms with Crippen molar-refractivity contribution in [1.82, 2.24) is 9.78 Å². The third-order valence-electron chi connectivity index (χ3n) is 2.99. The second-order valence-electron chi connectivity index (χ2n) is 4.76. The van der Waals surface area contributed by atoms with E-state index in [1.165, 1.54) is 12.1 Å². The van der Waals surface area contributed by atoms with Gasteiger partial charge in [0.2, 0.25) is 0 Å². The molecule has 0 radical (unpaired) electrons. The van der Waals surface area contributed by atoms with Crippen LogP contribution in [-0.2, 0) is 24.2 Å². The SMILES string of the molecule is CCn1nc(C)cc1CC(=O)Cc1cc(F)cc(F)c1. The Hall–Kier alpha value is -2.04. The Balaban J connectivity index is 2.08. The van der Waals surface area contributed by atoms with Crippen LogP contribution >= 0.6 is 0 Å². The van der Waals surface area contributed by atoms with Crippen LogP contribution in [0.1, 0.15) is 23.9 Å². The fraction of sp³-hybridized carbons (Fsp3) is 0.333. The van der Waals surface area contributed by atoms with Gasteiger partial charge in [0.15, 0.2) is 0 Å². The van der Waals surface area contributed by atoms with Crippen molar-refractivity contribution in [2.75, 3.05) is 0 Å². The lowest BCUT2D eigenvalue weighted by Gasteiger charge is -2.05. The number of carbonyl (C=O) groups excluding carboxylic acids is 1. The minimum absolute atomic E-state index is 0.0165. The predicted molar refractivity (Wildman–Crippen MR) is 71.4 cm³/mol. The maximum Gasteiger partial charge on any atom is 0.143 e. The highest BCUT2D eigenvalue weighted by atomic mass is 19.1. The van der Waals surface area contributed by atoms with Crippen molar-refractivity contribution in [2.24, 2.45) is 0 Å². The Kier molecular flexibility index (Phi) is 4.27. The first-order valence-electron chi connectivity index (χ1n) is 6.48. The van der Waals surface area contributed by atoms with Gasteiger partial charge in [0.1, 0.15) is 17.4 Å². The average Bonchev–Trinajstić information content (AvgIpc) is 2.67. The normalized spacial score (nSPS) is 10.8. The topological polar surface area (TPSA) is 34.9 Å². The van der Waals surface area contributed by atoms with Crippen molar-refractivity contribution >= 4 is 5.78 Å². The van der Waals surface area contributed by atoms with E-state index in [-0.39, 0.29) is 18.6 Å². The van der Waals surface area contributed by atoms with Crippen molar-refractivity contribution in [3.8, 4) is 0 Å². The summed E-state index contributed by atoms with van der Waals surface area (Å²) in [7, 11) is 0. The van der Waals surface area contributed by atoms with Gasteiger partial charge in [0.25, 0.3) is 0 Å². The zero-order valence-electron chi connectivity index (χ0n) is 11.5. The summed E-state index contributed by atoms with van der Waals surface area (Å²) in [5.74, 6) is -1.42. The number of nitrogens with zero attached hydrogens (tertiary/aromatic N) is 2. The van der Waals surface area contributed by atoms with Crippen molar-refractivity contribution in [1.29, 1.82) is 0 Å². The second kappa shape index (κ2) is 5.94. The van der Waals surface area contributed by atoms with Crippen LogP contribution in [0.3, 0.4) is 0 Å². The summed E-state index contributed by atoms with van der Waals surface area (Å²) in [4.78, 5) is 12.0. The van der Waals surface area contributed by atoms with Crippen LogP contribution in [0.5, 0.6) is 0 Å². The molecule has 0 N–H and O–H groups in total. The van der Waals surface area contributed by atoms with Crippen LogP contribution in [0.2, 0.25) is 0 Å². The zero-order valence-corrected chi connectivity index (χ0v) is 11.5. The number of hydrogen-bond donors (Lipinski definition) is 0. The minimum atomic E-state index is -0.665. The van der Waals surface area contributed by atoms with E-state index in [9.17, 15) is 13.6 Å². The third-order valence-corrected chi connectivity index (χ3v) is 2.99. The van der Waals surface area contributed by atoms with E-state index in [1.807, 2.05) is 19.9 Å². The van der Waals surface area contributed by atoms with Crippen molar-refractivity contribution in [2.45, 2.75) is 33.2 Å². The summed E-state index contributed by atoms with van der Waals surface area (Å²) in [5.41, 5.74) is 2.03. The van der Waals surface area contributed by atoms with Crippen LogP contribution in [0.4, 0.5) is 8.78 Å². The van der Waals surface area contributed by atoms with Gasteiger partial charge >= 0.3 is 0 Å². The summed E-state index contributed by atoms with van der Waals surface area (Å²) >= 11 is 0. The summed E-state index contributed by atoms with van der Waals surface area (Å²) in [6.45, 7) is 4.50. The van der Waals surface area contributed by atoms with E-state index in [0.29, 0.717) is 12.1 Å². The molecule has 2 rings (SSSR count).